The predicted molar refractivity (Wildman–Crippen MR) is 58.0 cm³/mol. The summed E-state index contributed by atoms with van der Waals surface area (Å²) in [5.74, 6) is 0.939. The molecule has 1 aliphatic rings. The summed E-state index contributed by atoms with van der Waals surface area (Å²) in [4.78, 5) is 2.60. The van der Waals surface area contributed by atoms with Gasteiger partial charge in [-0.25, -0.2) is 0 Å². The van der Waals surface area contributed by atoms with Gasteiger partial charge in [-0.05, 0) is 52.2 Å². The predicted octanol–water partition coefficient (Wildman–Crippen LogP) is 1.72. The molecule has 1 saturated heterocycles. The molecule has 0 aromatic rings. The van der Waals surface area contributed by atoms with Gasteiger partial charge in [-0.15, -0.1) is 0 Å². The molecule has 1 rings (SSSR count). The van der Waals surface area contributed by atoms with Crippen LogP contribution in [0, 0.1) is 5.92 Å². The van der Waals surface area contributed by atoms with Crippen LogP contribution in [-0.2, 0) is 0 Å². The van der Waals surface area contributed by atoms with E-state index in [-0.39, 0.29) is 0 Å². The van der Waals surface area contributed by atoms with Gasteiger partial charge in [0.05, 0.1) is 0 Å². The number of likely N-dealkylation sites (tertiary alicyclic amines) is 1. The third kappa shape index (κ3) is 3.65. The van der Waals surface area contributed by atoms with E-state index < -0.39 is 0 Å². The summed E-state index contributed by atoms with van der Waals surface area (Å²) in [7, 11) is 2.06. The Balaban J connectivity index is 2.17. The number of nitrogens with zero attached hydrogens (tertiary/aromatic N) is 1. The maximum Gasteiger partial charge on any atom is 0.00388 e. The largest absolute Gasteiger partial charge is 0.317 e. The monoisotopic (exact) mass is 184 g/mol. The molecule has 1 aliphatic heterocycles. The number of nitrogens with one attached hydrogen (secondary N) is 1. The van der Waals surface area contributed by atoms with Crippen molar-refractivity contribution in [2.24, 2.45) is 5.92 Å². The average Bonchev–Trinajstić information content (AvgIpc) is 2.53. The van der Waals surface area contributed by atoms with E-state index >= 15 is 0 Å². The lowest BCUT2D eigenvalue weighted by molar-refractivity contribution is 0.315. The van der Waals surface area contributed by atoms with Crippen LogP contribution in [0.2, 0.25) is 0 Å². The number of hydrogen-bond donors (Lipinski definition) is 1. The Kier molecular flexibility index (Phi) is 4.74. The second-order valence-corrected chi connectivity index (χ2v) is 4.38. The van der Waals surface area contributed by atoms with Crippen molar-refractivity contribution >= 4 is 0 Å². The first-order chi connectivity index (χ1) is 6.26. The van der Waals surface area contributed by atoms with Gasteiger partial charge in [-0.1, -0.05) is 6.92 Å². The van der Waals surface area contributed by atoms with Crippen LogP contribution < -0.4 is 5.32 Å². The molecule has 2 heteroatoms. The van der Waals surface area contributed by atoms with Crippen molar-refractivity contribution in [3.63, 3.8) is 0 Å². The van der Waals surface area contributed by atoms with Crippen LogP contribution >= 0.6 is 0 Å². The summed E-state index contributed by atoms with van der Waals surface area (Å²) >= 11 is 0. The SMILES string of the molecule is CCCN1CCC(CC(C)NC)C1. The molecule has 1 N–H and O–H groups in total. The fourth-order valence-electron chi connectivity index (χ4n) is 2.24. The molecule has 0 radical (unpaired) electrons. The summed E-state index contributed by atoms with van der Waals surface area (Å²) in [6.07, 6.45) is 4.05. The zero-order valence-corrected chi connectivity index (χ0v) is 9.34. The van der Waals surface area contributed by atoms with Gasteiger partial charge in [0.2, 0.25) is 0 Å². The molecular formula is C11H24N2. The molecule has 0 bridgehead atoms. The zero-order valence-electron chi connectivity index (χ0n) is 9.34. The highest BCUT2D eigenvalue weighted by Gasteiger charge is 2.22. The standard InChI is InChI=1S/C11H24N2/c1-4-6-13-7-5-11(9-13)8-10(2)12-3/h10-12H,4-9H2,1-3H3. The smallest absolute Gasteiger partial charge is 0.00388 e. The molecule has 0 aliphatic carbocycles. The van der Waals surface area contributed by atoms with Gasteiger partial charge < -0.3 is 10.2 Å². The van der Waals surface area contributed by atoms with Crippen molar-refractivity contribution in [2.45, 2.75) is 39.2 Å². The molecule has 2 unspecified atom stereocenters. The highest BCUT2D eigenvalue weighted by Crippen LogP contribution is 2.20. The molecule has 0 spiro atoms. The van der Waals surface area contributed by atoms with Crippen molar-refractivity contribution < 1.29 is 0 Å². The average molecular weight is 184 g/mol. The fraction of sp³-hybridized carbons (Fsp3) is 1.00. The minimum atomic E-state index is 0.687. The van der Waals surface area contributed by atoms with Crippen LogP contribution in [0.15, 0.2) is 0 Å². The summed E-state index contributed by atoms with van der Waals surface area (Å²) < 4.78 is 0. The van der Waals surface area contributed by atoms with Crippen LogP contribution in [0.4, 0.5) is 0 Å². The Morgan fingerprint density at radius 3 is 2.92 bits per heavy atom. The van der Waals surface area contributed by atoms with E-state index in [9.17, 15) is 0 Å². The molecule has 78 valence electrons. The topological polar surface area (TPSA) is 15.3 Å². The molecule has 0 amide bonds. The van der Waals surface area contributed by atoms with Crippen LogP contribution in [-0.4, -0.2) is 37.6 Å². The molecule has 2 nitrogen and oxygen atoms in total. The highest BCUT2D eigenvalue weighted by molar-refractivity contribution is 4.77. The van der Waals surface area contributed by atoms with Crippen LogP contribution in [0.5, 0.6) is 0 Å². The van der Waals surface area contributed by atoms with Gasteiger partial charge in [0.15, 0.2) is 0 Å². The van der Waals surface area contributed by atoms with Crippen LogP contribution in [0.25, 0.3) is 0 Å². The van der Waals surface area contributed by atoms with Gasteiger partial charge in [-0.3, -0.25) is 0 Å². The Morgan fingerprint density at radius 1 is 1.54 bits per heavy atom. The summed E-state index contributed by atoms with van der Waals surface area (Å²) in [5.41, 5.74) is 0. The molecule has 0 saturated carbocycles. The van der Waals surface area contributed by atoms with E-state index in [0.717, 1.165) is 5.92 Å². The van der Waals surface area contributed by atoms with E-state index in [2.05, 4.69) is 31.1 Å². The molecule has 0 aromatic heterocycles. The van der Waals surface area contributed by atoms with Gasteiger partial charge >= 0.3 is 0 Å². The third-order valence-electron chi connectivity index (χ3n) is 3.09. The first kappa shape index (κ1) is 11.0. The van der Waals surface area contributed by atoms with Crippen molar-refractivity contribution in [1.82, 2.24) is 10.2 Å². The highest BCUT2D eigenvalue weighted by atomic mass is 15.1. The Morgan fingerprint density at radius 2 is 2.31 bits per heavy atom. The van der Waals surface area contributed by atoms with Crippen LogP contribution in [0.3, 0.4) is 0 Å². The van der Waals surface area contributed by atoms with Crippen molar-refractivity contribution in [3.05, 3.63) is 0 Å². The van der Waals surface area contributed by atoms with Crippen molar-refractivity contribution in [1.29, 1.82) is 0 Å². The molecule has 1 heterocycles. The third-order valence-corrected chi connectivity index (χ3v) is 3.09. The fourth-order valence-corrected chi connectivity index (χ4v) is 2.24. The normalized spacial score (nSPS) is 26.5. The number of hydrogen-bond acceptors (Lipinski definition) is 2. The van der Waals surface area contributed by atoms with Crippen LogP contribution in [0.1, 0.15) is 33.1 Å². The number of rotatable bonds is 5. The van der Waals surface area contributed by atoms with Gasteiger partial charge in [0.25, 0.3) is 0 Å². The summed E-state index contributed by atoms with van der Waals surface area (Å²) in [5, 5.41) is 3.32. The second-order valence-electron chi connectivity index (χ2n) is 4.38. The minimum Gasteiger partial charge on any atom is -0.317 e. The maximum absolute atomic E-state index is 3.32. The Hall–Kier alpha value is -0.0800. The summed E-state index contributed by atoms with van der Waals surface area (Å²) in [6.45, 7) is 8.51. The van der Waals surface area contributed by atoms with E-state index in [1.54, 1.807) is 0 Å². The van der Waals surface area contributed by atoms with Gasteiger partial charge in [-0.2, -0.15) is 0 Å². The zero-order chi connectivity index (χ0) is 9.68. The van der Waals surface area contributed by atoms with E-state index in [4.69, 9.17) is 0 Å². The minimum absolute atomic E-state index is 0.687. The van der Waals surface area contributed by atoms with Crippen molar-refractivity contribution in [3.8, 4) is 0 Å². The first-order valence-corrected chi connectivity index (χ1v) is 5.65. The second kappa shape index (κ2) is 5.61. The van der Waals surface area contributed by atoms with Crippen molar-refractivity contribution in [2.75, 3.05) is 26.7 Å². The van der Waals surface area contributed by atoms with E-state index in [0.29, 0.717) is 6.04 Å². The van der Waals surface area contributed by atoms with E-state index in [1.807, 2.05) is 0 Å². The molecule has 13 heavy (non-hydrogen) atoms. The quantitative estimate of drug-likeness (QED) is 0.700. The molecular weight excluding hydrogens is 160 g/mol. The molecule has 0 aromatic carbocycles. The maximum atomic E-state index is 3.32. The summed E-state index contributed by atoms with van der Waals surface area (Å²) in [6, 6.07) is 0.687. The Bertz CT molecular complexity index is 136. The molecule has 2 atom stereocenters. The van der Waals surface area contributed by atoms with Gasteiger partial charge in [0, 0.05) is 12.6 Å². The lowest BCUT2D eigenvalue weighted by Crippen LogP contribution is -2.26. The van der Waals surface area contributed by atoms with E-state index in [1.165, 1.54) is 38.9 Å². The first-order valence-electron chi connectivity index (χ1n) is 5.65. The lowest BCUT2D eigenvalue weighted by Gasteiger charge is -2.17. The Labute approximate surface area is 82.7 Å². The van der Waals surface area contributed by atoms with Gasteiger partial charge in [0.1, 0.15) is 0 Å². The molecule has 1 fully saturated rings. The lowest BCUT2D eigenvalue weighted by atomic mass is 10.0.